The first-order valence-electron chi connectivity index (χ1n) is 6.16. The molecule has 1 aromatic heterocycles. The Morgan fingerprint density at radius 3 is 2.62 bits per heavy atom. The van der Waals surface area contributed by atoms with Crippen LogP contribution in [0.5, 0.6) is 11.5 Å². The van der Waals surface area contributed by atoms with Crippen molar-refractivity contribution in [3.8, 4) is 11.5 Å². The molecule has 2 heterocycles. The standard InChI is InChI=1S/C14H10Cl2N2O3/c15-11-6-8(7-12(16)18-11)17-14(19)9-2-1-3-10-13(9)21-5-4-20-10/h1-3,6-7H,4-5H2,(H,17,18,19). The fourth-order valence-corrected chi connectivity index (χ4v) is 2.45. The molecule has 7 heteroatoms. The Morgan fingerprint density at radius 1 is 1.14 bits per heavy atom. The highest BCUT2D eigenvalue weighted by atomic mass is 35.5. The summed E-state index contributed by atoms with van der Waals surface area (Å²) in [6.45, 7) is 0.873. The van der Waals surface area contributed by atoms with Crippen molar-refractivity contribution in [3.05, 3.63) is 46.2 Å². The number of hydrogen-bond donors (Lipinski definition) is 1. The topological polar surface area (TPSA) is 60.5 Å². The zero-order valence-corrected chi connectivity index (χ0v) is 12.2. The Kier molecular flexibility index (Phi) is 3.86. The number of aromatic nitrogens is 1. The van der Waals surface area contributed by atoms with Gasteiger partial charge in [0.05, 0.1) is 5.56 Å². The van der Waals surface area contributed by atoms with Crippen LogP contribution in [0.1, 0.15) is 10.4 Å². The van der Waals surface area contributed by atoms with E-state index in [1.54, 1.807) is 18.2 Å². The van der Waals surface area contributed by atoms with E-state index in [-0.39, 0.29) is 16.2 Å². The van der Waals surface area contributed by atoms with Gasteiger partial charge in [-0.05, 0) is 24.3 Å². The number of pyridine rings is 1. The van der Waals surface area contributed by atoms with Crippen molar-refractivity contribution in [2.75, 3.05) is 18.5 Å². The minimum absolute atomic E-state index is 0.201. The number of nitrogens with zero attached hydrogens (tertiary/aromatic N) is 1. The summed E-state index contributed by atoms with van der Waals surface area (Å²) in [6.07, 6.45) is 0. The molecule has 1 N–H and O–H groups in total. The molecule has 0 bridgehead atoms. The van der Waals surface area contributed by atoms with E-state index in [0.29, 0.717) is 36.0 Å². The maximum absolute atomic E-state index is 12.4. The van der Waals surface area contributed by atoms with E-state index in [0.717, 1.165) is 0 Å². The molecular formula is C14H10Cl2N2O3. The van der Waals surface area contributed by atoms with Crippen LogP contribution in [-0.4, -0.2) is 24.1 Å². The van der Waals surface area contributed by atoms with Gasteiger partial charge in [-0.15, -0.1) is 0 Å². The molecule has 2 aromatic rings. The second-order valence-corrected chi connectivity index (χ2v) is 5.06. The molecule has 21 heavy (non-hydrogen) atoms. The van der Waals surface area contributed by atoms with E-state index in [1.165, 1.54) is 12.1 Å². The molecule has 0 radical (unpaired) electrons. The van der Waals surface area contributed by atoms with E-state index in [4.69, 9.17) is 32.7 Å². The summed E-state index contributed by atoms with van der Waals surface area (Å²) in [5, 5.41) is 3.11. The van der Waals surface area contributed by atoms with Gasteiger partial charge in [-0.1, -0.05) is 29.3 Å². The van der Waals surface area contributed by atoms with Crippen molar-refractivity contribution >= 4 is 34.8 Å². The number of nitrogens with one attached hydrogen (secondary N) is 1. The van der Waals surface area contributed by atoms with Crippen molar-refractivity contribution in [1.82, 2.24) is 4.98 Å². The maximum Gasteiger partial charge on any atom is 0.259 e. The average Bonchev–Trinajstić information content (AvgIpc) is 2.45. The quantitative estimate of drug-likeness (QED) is 0.860. The van der Waals surface area contributed by atoms with Crippen molar-refractivity contribution in [2.45, 2.75) is 0 Å². The van der Waals surface area contributed by atoms with Crippen LogP contribution in [0.4, 0.5) is 5.69 Å². The highest BCUT2D eigenvalue weighted by Gasteiger charge is 2.20. The van der Waals surface area contributed by atoms with Gasteiger partial charge in [0.1, 0.15) is 23.5 Å². The Balaban J connectivity index is 1.89. The molecular weight excluding hydrogens is 315 g/mol. The van der Waals surface area contributed by atoms with Gasteiger partial charge in [0, 0.05) is 5.69 Å². The monoisotopic (exact) mass is 324 g/mol. The van der Waals surface area contributed by atoms with Crippen LogP contribution >= 0.6 is 23.2 Å². The molecule has 1 aromatic carbocycles. The van der Waals surface area contributed by atoms with Crippen LogP contribution in [0, 0.1) is 0 Å². The number of ether oxygens (including phenoxy) is 2. The Morgan fingerprint density at radius 2 is 1.86 bits per heavy atom. The second kappa shape index (κ2) is 5.79. The number of hydrogen-bond acceptors (Lipinski definition) is 4. The lowest BCUT2D eigenvalue weighted by Gasteiger charge is -2.20. The number of carbonyl (C=O) groups excluding carboxylic acids is 1. The number of anilines is 1. The molecule has 108 valence electrons. The van der Waals surface area contributed by atoms with Gasteiger partial charge >= 0.3 is 0 Å². The van der Waals surface area contributed by atoms with Crippen LogP contribution < -0.4 is 14.8 Å². The van der Waals surface area contributed by atoms with Crippen molar-refractivity contribution in [3.63, 3.8) is 0 Å². The predicted molar refractivity (Wildman–Crippen MR) is 79.6 cm³/mol. The first-order valence-corrected chi connectivity index (χ1v) is 6.92. The number of carbonyl (C=O) groups is 1. The molecule has 0 atom stereocenters. The van der Waals surface area contributed by atoms with Gasteiger partial charge in [0.25, 0.3) is 5.91 Å². The smallest absolute Gasteiger partial charge is 0.259 e. The summed E-state index contributed by atoms with van der Waals surface area (Å²) < 4.78 is 11.0. The Labute approximate surface area is 130 Å². The number of para-hydroxylation sites is 1. The van der Waals surface area contributed by atoms with Gasteiger partial charge < -0.3 is 14.8 Å². The predicted octanol–water partition coefficient (Wildman–Crippen LogP) is 3.41. The van der Waals surface area contributed by atoms with Gasteiger partial charge in [-0.2, -0.15) is 0 Å². The third-order valence-corrected chi connectivity index (χ3v) is 3.22. The lowest BCUT2D eigenvalue weighted by atomic mass is 10.1. The zero-order chi connectivity index (χ0) is 14.8. The first-order chi connectivity index (χ1) is 10.1. The summed E-state index contributed by atoms with van der Waals surface area (Å²) in [5.41, 5.74) is 0.843. The third-order valence-electron chi connectivity index (χ3n) is 2.83. The highest BCUT2D eigenvalue weighted by molar-refractivity contribution is 6.33. The molecule has 1 aliphatic heterocycles. The van der Waals surface area contributed by atoms with Crippen molar-refractivity contribution in [2.24, 2.45) is 0 Å². The zero-order valence-electron chi connectivity index (χ0n) is 10.7. The van der Waals surface area contributed by atoms with Crippen LogP contribution in [-0.2, 0) is 0 Å². The lowest BCUT2D eigenvalue weighted by Crippen LogP contribution is -2.20. The largest absolute Gasteiger partial charge is 0.486 e. The molecule has 5 nitrogen and oxygen atoms in total. The van der Waals surface area contributed by atoms with E-state index in [1.807, 2.05) is 0 Å². The highest BCUT2D eigenvalue weighted by Crippen LogP contribution is 2.34. The molecule has 0 fully saturated rings. The van der Waals surface area contributed by atoms with E-state index < -0.39 is 0 Å². The summed E-state index contributed by atoms with van der Waals surface area (Å²) in [5.74, 6) is 0.655. The number of fused-ring (bicyclic) bond motifs is 1. The van der Waals surface area contributed by atoms with Crippen molar-refractivity contribution in [1.29, 1.82) is 0 Å². The van der Waals surface area contributed by atoms with Crippen LogP contribution in [0.3, 0.4) is 0 Å². The fourth-order valence-electron chi connectivity index (χ4n) is 1.99. The third kappa shape index (κ3) is 3.04. The van der Waals surface area contributed by atoms with E-state index >= 15 is 0 Å². The summed E-state index contributed by atoms with van der Waals surface area (Å²) in [6, 6.07) is 8.17. The van der Waals surface area contributed by atoms with Gasteiger partial charge in [-0.25, -0.2) is 4.98 Å². The summed E-state index contributed by atoms with van der Waals surface area (Å²) in [4.78, 5) is 16.2. The molecule has 0 spiro atoms. The van der Waals surface area contributed by atoms with E-state index in [9.17, 15) is 4.79 Å². The average molecular weight is 325 g/mol. The van der Waals surface area contributed by atoms with Crippen LogP contribution in [0.25, 0.3) is 0 Å². The maximum atomic E-state index is 12.4. The molecule has 1 amide bonds. The van der Waals surface area contributed by atoms with Gasteiger partial charge in [-0.3, -0.25) is 4.79 Å². The number of benzene rings is 1. The lowest BCUT2D eigenvalue weighted by molar-refractivity contribution is 0.101. The molecule has 0 unspecified atom stereocenters. The SMILES string of the molecule is O=C(Nc1cc(Cl)nc(Cl)c1)c1cccc2c1OCCO2. The normalized spacial score (nSPS) is 12.9. The molecule has 0 saturated carbocycles. The summed E-state index contributed by atoms with van der Waals surface area (Å²) >= 11 is 11.6. The first kappa shape index (κ1) is 14.0. The minimum Gasteiger partial charge on any atom is -0.486 e. The van der Waals surface area contributed by atoms with Crippen LogP contribution in [0.15, 0.2) is 30.3 Å². The Bertz CT molecular complexity index is 686. The number of amides is 1. The Hall–Kier alpha value is -1.98. The van der Waals surface area contributed by atoms with Crippen molar-refractivity contribution < 1.29 is 14.3 Å². The molecule has 0 aliphatic carbocycles. The molecule has 3 rings (SSSR count). The number of halogens is 2. The second-order valence-electron chi connectivity index (χ2n) is 4.29. The fraction of sp³-hybridized carbons (Fsp3) is 0.143. The minimum atomic E-state index is -0.337. The molecule has 0 saturated heterocycles. The summed E-state index contributed by atoms with van der Waals surface area (Å²) in [7, 11) is 0. The van der Waals surface area contributed by atoms with Gasteiger partial charge in [0.2, 0.25) is 0 Å². The van der Waals surface area contributed by atoms with Crippen LogP contribution in [0.2, 0.25) is 10.3 Å². The van der Waals surface area contributed by atoms with E-state index in [2.05, 4.69) is 10.3 Å². The molecule has 1 aliphatic rings. The van der Waals surface area contributed by atoms with Gasteiger partial charge in [0.15, 0.2) is 11.5 Å². The number of rotatable bonds is 2.